The largest absolute Gasteiger partial charge is 0.378 e. The zero-order valence-corrected chi connectivity index (χ0v) is 12.1. The van der Waals surface area contributed by atoms with Crippen LogP contribution in [0.5, 0.6) is 0 Å². The Bertz CT molecular complexity index is 511. The second kappa shape index (κ2) is 5.48. The van der Waals surface area contributed by atoms with Gasteiger partial charge in [-0.15, -0.1) is 10.2 Å². The number of aryl methyl sites for hydroxylation is 2. The molecule has 0 spiro atoms. The van der Waals surface area contributed by atoms with Crippen molar-refractivity contribution in [1.82, 2.24) is 10.2 Å². The highest BCUT2D eigenvalue weighted by Gasteiger charge is 2.08. The van der Waals surface area contributed by atoms with E-state index in [2.05, 4.69) is 61.4 Å². The summed E-state index contributed by atoms with van der Waals surface area (Å²) in [5.74, 6) is 0.455. The Morgan fingerprint density at radius 3 is 2.39 bits per heavy atom. The van der Waals surface area contributed by atoms with Gasteiger partial charge in [0.05, 0.1) is 6.54 Å². The molecule has 1 heterocycles. The molecule has 4 heteroatoms. The molecule has 0 saturated carbocycles. The average molecular weight is 261 g/mol. The summed E-state index contributed by atoms with van der Waals surface area (Å²) in [5.41, 5.74) is 3.74. The van der Waals surface area contributed by atoms with Crippen LogP contribution in [0.15, 0.2) is 18.2 Å². The van der Waals surface area contributed by atoms with E-state index in [0.29, 0.717) is 5.92 Å². The lowest BCUT2D eigenvalue weighted by Crippen LogP contribution is -2.02. The van der Waals surface area contributed by atoms with Gasteiger partial charge in [0.15, 0.2) is 0 Å². The third-order valence-corrected chi connectivity index (χ3v) is 4.10. The summed E-state index contributed by atoms with van der Waals surface area (Å²) < 4.78 is 0. The number of rotatable bonds is 4. The molecule has 96 valence electrons. The SMILES string of the molecule is Cc1cccc(C)c1NCc1nnc(C(C)C)s1. The Hall–Kier alpha value is -1.42. The minimum Gasteiger partial charge on any atom is -0.378 e. The number of nitrogens with one attached hydrogen (secondary N) is 1. The lowest BCUT2D eigenvalue weighted by molar-refractivity contribution is 0.818. The smallest absolute Gasteiger partial charge is 0.136 e. The van der Waals surface area contributed by atoms with Crippen molar-refractivity contribution in [3.05, 3.63) is 39.3 Å². The molecule has 1 N–H and O–H groups in total. The maximum atomic E-state index is 4.22. The minimum atomic E-state index is 0.455. The maximum Gasteiger partial charge on any atom is 0.136 e. The van der Waals surface area contributed by atoms with E-state index in [0.717, 1.165) is 16.6 Å². The van der Waals surface area contributed by atoms with Crippen LogP contribution in [0.4, 0.5) is 5.69 Å². The monoisotopic (exact) mass is 261 g/mol. The molecule has 0 atom stereocenters. The van der Waals surface area contributed by atoms with Crippen LogP contribution in [0, 0.1) is 13.8 Å². The summed E-state index contributed by atoms with van der Waals surface area (Å²) in [6, 6.07) is 6.32. The van der Waals surface area contributed by atoms with Crippen LogP contribution in [0.2, 0.25) is 0 Å². The molecule has 0 bridgehead atoms. The van der Waals surface area contributed by atoms with E-state index in [1.165, 1.54) is 16.8 Å². The third kappa shape index (κ3) is 2.88. The Labute approximate surface area is 112 Å². The lowest BCUT2D eigenvalue weighted by Gasteiger charge is -2.10. The molecular formula is C14H19N3S. The molecule has 0 fully saturated rings. The van der Waals surface area contributed by atoms with Crippen molar-refractivity contribution < 1.29 is 0 Å². The van der Waals surface area contributed by atoms with Crippen LogP contribution in [-0.2, 0) is 6.54 Å². The van der Waals surface area contributed by atoms with Crippen LogP contribution >= 0.6 is 11.3 Å². The van der Waals surface area contributed by atoms with Crippen LogP contribution < -0.4 is 5.32 Å². The van der Waals surface area contributed by atoms with Gasteiger partial charge in [0.2, 0.25) is 0 Å². The Morgan fingerprint density at radius 2 is 1.83 bits per heavy atom. The molecule has 0 saturated heterocycles. The topological polar surface area (TPSA) is 37.8 Å². The van der Waals surface area contributed by atoms with Crippen molar-refractivity contribution >= 4 is 17.0 Å². The first kappa shape index (κ1) is 13.0. The number of anilines is 1. The fourth-order valence-corrected chi connectivity index (χ4v) is 2.61. The zero-order chi connectivity index (χ0) is 13.1. The fourth-order valence-electron chi connectivity index (χ4n) is 1.83. The van der Waals surface area contributed by atoms with Crippen LogP contribution in [0.25, 0.3) is 0 Å². The highest BCUT2D eigenvalue weighted by atomic mass is 32.1. The summed E-state index contributed by atoms with van der Waals surface area (Å²) in [6.07, 6.45) is 0. The fraction of sp³-hybridized carbons (Fsp3) is 0.429. The summed E-state index contributed by atoms with van der Waals surface area (Å²) >= 11 is 1.69. The van der Waals surface area contributed by atoms with Gasteiger partial charge in [-0.2, -0.15) is 0 Å². The lowest BCUT2D eigenvalue weighted by atomic mass is 10.1. The Balaban J connectivity index is 2.07. The van der Waals surface area contributed by atoms with E-state index in [1.54, 1.807) is 11.3 Å². The highest BCUT2D eigenvalue weighted by Crippen LogP contribution is 2.22. The molecule has 0 unspecified atom stereocenters. The first-order valence-electron chi connectivity index (χ1n) is 6.20. The summed E-state index contributed by atoms with van der Waals surface area (Å²) in [4.78, 5) is 0. The van der Waals surface area contributed by atoms with E-state index in [1.807, 2.05) is 0 Å². The molecule has 0 aliphatic heterocycles. The van der Waals surface area contributed by atoms with E-state index >= 15 is 0 Å². The van der Waals surface area contributed by atoms with Crippen molar-refractivity contribution in [1.29, 1.82) is 0 Å². The second-order valence-corrected chi connectivity index (χ2v) is 5.90. The first-order valence-corrected chi connectivity index (χ1v) is 7.02. The van der Waals surface area contributed by atoms with Gasteiger partial charge in [-0.3, -0.25) is 0 Å². The minimum absolute atomic E-state index is 0.455. The van der Waals surface area contributed by atoms with Gasteiger partial charge in [-0.05, 0) is 25.0 Å². The summed E-state index contributed by atoms with van der Waals surface area (Å²) in [7, 11) is 0. The zero-order valence-electron chi connectivity index (χ0n) is 11.3. The summed E-state index contributed by atoms with van der Waals surface area (Å²) in [6.45, 7) is 9.27. The quantitative estimate of drug-likeness (QED) is 0.907. The van der Waals surface area contributed by atoms with E-state index in [4.69, 9.17) is 0 Å². The molecular weight excluding hydrogens is 242 g/mol. The van der Waals surface area contributed by atoms with Crippen molar-refractivity contribution in [3.63, 3.8) is 0 Å². The molecule has 1 aromatic carbocycles. The molecule has 2 aromatic rings. The molecule has 0 amide bonds. The van der Waals surface area contributed by atoms with Gasteiger partial charge in [0, 0.05) is 11.6 Å². The predicted octanol–water partition coefficient (Wildman–Crippen LogP) is 3.89. The van der Waals surface area contributed by atoms with Gasteiger partial charge < -0.3 is 5.32 Å². The molecule has 3 nitrogen and oxygen atoms in total. The molecule has 1 aromatic heterocycles. The number of benzene rings is 1. The van der Waals surface area contributed by atoms with Crippen LogP contribution in [0.3, 0.4) is 0 Å². The van der Waals surface area contributed by atoms with Crippen molar-refractivity contribution in [2.45, 2.75) is 40.2 Å². The van der Waals surface area contributed by atoms with E-state index in [9.17, 15) is 0 Å². The van der Waals surface area contributed by atoms with Gasteiger partial charge in [-0.25, -0.2) is 0 Å². The number of hydrogen-bond acceptors (Lipinski definition) is 4. The maximum absolute atomic E-state index is 4.22. The number of para-hydroxylation sites is 1. The number of nitrogens with zero attached hydrogens (tertiary/aromatic N) is 2. The molecule has 0 aliphatic rings. The molecule has 2 rings (SSSR count). The first-order chi connectivity index (χ1) is 8.58. The van der Waals surface area contributed by atoms with Crippen molar-refractivity contribution in [3.8, 4) is 0 Å². The van der Waals surface area contributed by atoms with Crippen LogP contribution in [0.1, 0.15) is 40.9 Å². The Morgan fingerprint density at radius 1 is 1.17 bits per heavy atom. The standard InChI is InChI=1S/C14H19N3S/c1-9(2)14-17-16-12(18-14)8-15-13-10(3)6-5-7-11(13)4/h5-7,9,15H,8H2,1-4H3. The van der Waals surface area contributed by atoms with E-state index in [-0.39, 0.29) is 0 Å². The second-order valence-electron chi connectivity index (χ2n) is 4.81. The molecule has 0 aliphatic carbocycles. The summed E-state index contributed by atoms with van der Waals surface area (Å²) in [5, 5.41) is 14.0. The number of hydrogen-bond donors (Lipinski definition) is 1. The van der Waals surface area contributed by atoms with Crippen molar-refractivity contribution in [2.24, 2.45) is 0 Å². The van der Waals surface area contributed by atoms with Gasteiger partial charge in [0.25, 0.3) is 0 Å². The van der Waals surface area contributed by atoms with Crippen molar-refractivity contribution in [2.75, 3.05) is 5.32 Å². The predicted molar refractivity (Wildman–Crippen MR) is 77.2 cm³/mol. The van der Waals surface area contributed by atoms with Gasteiger partial charge in [0.1, 0.15) is 10.0 Å². The Kier molecular flexibility index (Phi) is 3.97. The highest BCUT2D eigenvalue weighted by molar-refractivity contribution is 7.11. The average Bonchev–Trinajstić information content (AvgIpc) is 2.77. The van der Waals surface area contributed by atoms with Gasteiger partial charge in [-0.1, -0.05) is 43.4 Å². The molecule has 18 heavy (non-hydrogen) atoms. The normalized spacial score (nSPS) is 10.9. The number of aromatic nitrogens is 2. The van der Waals surface area contributed by atoms with Gasteiger partial charge >= 0.3 is 0 Å². The molecule has 0 radical (unpaired) electrons. The van der Waals surface area contributed by atoms with Crippen LogP contribution in [-0.4, -0.2) is 10.2 Å². The third-order valence-electron chi connectivity index (χ3n) is 2.87. The van der Waals surface area contributed by atoms with E-state index < -0.39 is 0 Å².